The maximum absolute atomic E-state index is 14.3. The van der Waals surface area contributed by atoms with E-state index in [1.54, 1.807) is 13.8 Å². The van der Waals surface area contributed by atoms with Crippen LogP contribution in [0.4, 0.5) is 0 Å². The van der Waals surface area contributed by atoms with E-state index in [1.165, 1.54) is 36.0 Å². The molecule has 1 radical (unpaired) electrons. The molecule has 15 atom stereocenters. The Labute approximate surface area is 543 Å². The van der Waals surface area contributed by atoms with E-state index < -0.39 is 143 Å². The third-order valence-electron chi connectivity index (χ3n) is 19.8. The number of benzene rings is 1. The standard InChI is InChI=1S/C60H86N13O15P.CN.Co/c1-28(87-89(84,85)88-51-39(26-74)86-55(50(51)83)73-27-68-37-20-31(75)10-14-38(37)73)25-67-47(82)18-19-57(6)35(21-44(64)79)54-60(9)59(8,24-46(66)81)34(13-17-43(63)78)49(72-60)30(3)53-58(7,23-45(65)80)32(11-15-41(61)76)36(69-53)22-40-56(4,5)33(12-16-42(62)77)48(70-40)29(2)52(57)71-54;1-2;/h10,14,20,22,27-28,32-35,39,50-51,54-55,74,83H,11-13,15-19,21,23-26H2,1-9H3,(H16,61,62,63,64,65,66,67,69,70,71,72,75,76,77,78,79,80,81,82,84,85);;/q;-1;+2/p-2. The molecule has 0 spiro atoms. The molecule has 2 saturated heterocycles. The number of hydrogen-bond donors (Lipinski definition) is 10. The van der Waals surface area contributed by atoms with Crippen LogP contribution in [0.25, 0.3) is 16.4 Å². The molecule has 2 fully saturated rings. The molecule has 1 aromatic carbocycles. The second kappa shape index (κ2) is 28.2. The second-order valence-electron chi connectivity index (χ2n) is 26.2. The number of rotatable bonds is 26. The molecule has 92 heavy (non-hydrogen) atoms. The number of amides is 7. The number of aliphatic hydroxyl groups is 2. The van der Waals surface area contributed by atoms with E-state index in [1.807, 2.05) is 47.6 Å². The summed E-state index contributed by atoms with van der Waals surface area (Å²) in [6, 6.07) is 3.22. The van der Waals surface area contributed by atoms with Crippen LogP contribution < -0.4 is 44.6 Å². The molecule has 6 aliphatic rings. The van der Waals surface area contributed by atoms with E-state index in [-0.39, 0.29) is 99.7 Å². The predicted octanol–water partition coefficient (Wildman–Crippen LogP) is 2.50. The average Bonchev–Trinajstić information content (AvgIpc) is 1.53. The van der Waals surface area contributed by atoms with Crippen molar-refractivity contribution in [3.63, 3.8) is 0 Å². The van der Waals surface area contributed by atoms with Crippen LogP contribution in [0, 0.1) is 57.2 Å². The molecule has 1 aromatic heterocycles. The van der Waals surface area contributed by atoms with Gasteiger partial charge in [0.1, 0.15) is 24.1 Å². The van der Waals surface area contributed by atoms with Crippen LogP contribution in [0.15, 0.2) is 73.8 Å². The summed E-state index contributed by atoms with van der Waals surface area (Å²) in [6.45, 7) is 19.7. The molecule has 0 saturated carbocycles. The monoisotopic (exact) mass is 1340 g/mol. The summed E-state index contributed by atoms with van der Waals surface area (Å²) in [4.78, 5) is 127. The van der Waals surface area contributed by atoms with Crippen molar-refractivity contribution < 1.29 is 88.9 Å². The number of aromatic nitrogens is 2. The molecule has 15 unspecified atom stereocenters. The Balaban J connectivity index is 0.00000444. The molecule has 6 aliphatic heterocycles. The first-order chi connectivity index (χ1) is 42.4. The molecular formula is C61H84CoN14O15P-. The van der Waals surface area contributed by atoms with Gasteiger partial charge >= 0.3 is 16.8 Å². The number of hydrogen-bond acceptors (Lipinski definition) is 20. The van der Waals surface area contributed by atoms with Gasteiger partial charge in [0.15, 0.2) is 6.23 Å². The number of phenolic OH excluding ortho intramolecular Hbond substituents is 1. The minimum Gasteiger partial charge on any atom is -0.756 e. The molecule has 503 valence electrons. The van der Waals surface area contributed by atoms with Crippen LogP contribution in [-0.2, 0) is 68.7 Å². The molecule has 31 heteroatoms. The van der Waals surface area contributed by atoms with Crippen molar-refractivity contribution in [1.29, 1.82) is 5.26 Å². The van der Waals surface area contributed by atoms with Gasteiger partial charge in [0.05, 0.1) is 41.3 Å². The number of aromatic hydroxyl groups is 1. The van der Waals surface area contributed by atoms with Gasteiger partial charge in [-0.15, -0.1) is 0 Å². The van der Waals surface area contributed by atoms with Crippen LogP contribution in [0.1, 0.15) is 139 Å². The van der Waals surface area contributed by atoms with Gasteiger partial charge in [-0.05, 0) is 94.1 Å². The fourth-order valence-corrected chi connectivity index (χ4v) is 16.2. The van der Waals surface area contributed by atoms with Gasteiger partial charge < -0.3 is 95.4 Å². The summed E-state index contributed by atoms with van der Waals surface area (Å²) in [7, 11) is -5.34. The first-order valence-corrected chi connectivity index (χ1v) is 31.5. The Morgan fingerprint density at radius 3 is 2.01 bits per heavy atom. The number of phosphoric acid groups is 1. The topological polar surface area (TPSA) is 509 Å². The molecule has 2 aromatic rings. The van der Waals surface area contributed by atoms with Crippen molar-refractivity contribution in [2.45, 2.75) is 175 Å². The number of phosphoric ester groups is 1. The summed E-state index contributed by atoms with van der Waals surface area (Å²) in [5.74, 6) is -7.55. The Bertz CT molecular complexity index is 3550. The number of aliphatic imine (C=N–C) groups is 3. The number of phenols is 1. The molecule has 8 rings (SSSR count). The molecule has 29 nitrogen and oxygen atoms in total. The summed E-state index contributed by atoms with van der Waals surface area (Å²) in [5.41, 5.74) is 34.2. The molecule has 7 heterocycles. The van der Waals surface area contributed by atoms with Crippen LogP contribution in [0.2, 0.25) is 0 Å². The Morgan fingerprint density at radius 2 is 1.43 bits per heavy atom. The Kier molecular flexibility index (Phi) is 22.6. The van der Waals surface area contributed by atoms with E-state index in [2.05, 4.69) is 10.3 Å². The van der Waals surface area contributed by atoms with Gasteiger partial charge in [0.25, 0.3) is 7.82 Å². The summed E-state index contributed by atoms with van der Waals surface area (Å²) in [5, 5.41) is 46.1. The van der Waals surface area contributed by atoms with Crippen molar-refractivity contribution >= 4 is 77.3 Å². The normalized spacial score (nSPS) is 31.2. The van der Waals surface area contributed by atoms with Crippen molar-refractivity contribution in [3.8, 4) is 5.75 Å². The summed E-state index contributed by atoms with van der Waals surface area (Å²) >= 11 is 0. The average molecular weight is 1340 g/mol. The SMILES string of the molecule is CC1=C2N=C(C=C3N=C(C(C)=C4[N-]C(C(CC(N)=O)C4(C)CCC(=O)NCC(C)OP(=O)([O-])OC4C(CO)OC(n5cnc6cc(O)ccc65)C4O)C4(C)N=C1C(CCC(N)=O)C4(C)CC(N)=O)C(CCC(N)=O)C3(C)C)C(CCC(N)=O)C2(C)CC(N)=O.[C-]#N.[Co+2]. The van der Waals surface area contributed by atoms with Crippen LogP contribution >= 0.6 is 7.82 Å². The quantitative estimate of drug-likeness (QED) is 0.0478. The van der Waals surface area contributed by atoms with E-state index in [4.69, 9.17) is 80.3 Å². The van der Waals surface area contributed by atoms with E-state index in [0.29, 0.717) is 56.4 Å². The number of nitrogens with one attached hydrogen (secondary N) is 1. The third-order valence-corrected chi connectivity index (χ3v) is 21.0. The van der Waals surface area contributed by atoms with Gasteiger partial charge in [0, 0.05) is 114 Å². The maximum atomic E-state index is 14.3. The van der Waals surface area contributed by atoms with Gasteiger partial charge in [-0.25, -0.2) is 4.98 Å². The summed E-state index contributed by atoms with van der Waals surface area (Å²) < 4.78 is 31.5. The number of carbonyl (C=O) groups excluding carboxylic acids is 7. The minimum atomic E-state index is -5.34. The fourth-order valence-electron chi connectivity index (χ4n) is 15.1. The number of ether oxygens (including phenoxy) is 1. The summed E-state index contributed by atoms with van der Waals surface area (Å²) in [6.07, 6.45) is -5.25. The van der Waals surface area contributed by atoms with Crippen LogP contribution in [-0.4, -0.2) is 133 Å². The van der Waals surface area contributed by atoms with Crippen molar-refractivity contribution in [3.05, 3.63) is 70.7 Å². The van der Waals surface area contributed by atoms with Crippen molar-refractivity contribution in [1.82, 2.24) is 14.9 Å². The number of primary amides is 6. The largest absolute Gasteiger partial charge is 2.00 e. The number of allylic oxidation sites excluding steroid dienone is 6. The molecule has 7 amide bonds. The minimum absolute atomic E-state index is 0. The molecular weight excluding hydrogens is 1260 g/mol. The van der Waals surface area contributed by atoms with Gasteiger partial charge in [-0.3, -0.25) is 53.1 Å². The Hall–Kier alpha value is -7.20. The smallest absolute Gasteiger partial charge is 0.756 e. The second-order valence-corrected chi connectivity index (χ2v) is 27.6. The van der Waals surface area contributed by atoms with Crippen molar-refractivity contribution in [2.75, 3.05) is 13.2 Å². The number of imidazole rings is 1. The first-order valence-electron chi connectivity index (χ1n) is 30.0. The van der Waals surface area contributed by atoms with Gasteiger partial charge in [-0.2, -0.15) is 5.70 Å². The van der Waals surface area contributed by atoms with E-state index in [0.717, 1.165) is 0 Å². The van der Waals surface area contributed by atoms with Crippen LogP contribution in [0.3, 0.4) is 0 Å². The fraction of sp³-hybridized carbons (Fsp3) is 0.607. The van der Waals surface area contributed by atoms with Crippen molar-refractivity contribution in [2.24, 2.45) is 94.7 Å². The van der Waals surface area contributed by atoms with Gasteiger partial charge in [0.2, 0.25) is 41.4 Å². The zero-order valence-electron chi connectivity index (χ0n) is 53.0. The first kappa shape index (κ1) is 73.8. The molecule has 0 aliphatic carbocycles. The number of nitrogens with zero attached hydrogens (tertiary/aromatic N) is 7. The number of carbonyl (C=O) groups is 7. The van der Waals surface area contributed by atoms with Gasteiger partial charge in [-0.1, -0.05) is 40.7 Å². The number of fused-ring (bicyclic) bond motifs is 7. The van der Waals surface area contributed by atoms with Crippen LogP contribution in [0.5, 0.6) is 5.75 Å². The predicted molar refractivity (Wildman–Crippen MR) is 329 cm³/mol. The third kappa shape index (κ3) is 14.3. The Morgan fingerprint density at radius 1 is 0.837 bits per heavy atom. The maximum Gasteiger partial charge on any atom is 2.00 e. The molecule has 16 N–H and O–H groups in total. The zero-order chi connectivity index (χ0) is 67.8. The number of aliphatic hydroxyl groups excluding tert-OH is 2. The number of nitrogens with two attached hydrogens (primary N) is 6. The zero-order valence-corrected chi connectivity index (χ0v) is 54.9. The van der Waals surface area contributed by atoms with E-state index >= 15 is 0 Å². The molecule has 8 bridgehead atoms. The van der Waals surface area contributed by atoms with E-state index in [9.17, 15) is 58.3 Å².